The predicted octanol–water partition coefficient (Wildman–Crippen LogP) is 1.81. The smallest absolute Gasteiger partial charge is 0.0762 e. The number of hydrogen-bond acceptors (Lipinski definition) is 2. The summed E-state index contributed by atoms with van der Waals surface area (Å²) in [6.07, 6.45) is -0.0516. The number of aliphatic hydroxyl groups is 1. The highest BCUT2D eigenvalue weighted by Gasteiger charge is 2.00. The van der Waals surface area contributed by atoms with Crippen molar-refractivity contribution in [3.8, 4) is 6.07 Å². The first-order chi connectivity index (χ1) is 5.74. The van der Waals surface area contributed by atoms with Gasteiger partial charge in [-0.05, 0) is 18.1 Å². The van der Waals surface area contributed by atoms with Gasteiger partial charge in [-0.15, -0.1) is 0 Å². The molecule has 1 atom stereocenters. The first kappa shape index (κ1) is 8.76. The Morgan fingerprint density at radius 3 is 2.92 bits per heavy atom. The third-order valence-corrected chi connectivity index (χ3v) is 1.72. The van der Waals surface area contributed by atoms with E-state index in [1.54, 1.807) is 6.92 Å². The highest BCUT2D eigenvalue weighted by molar-refractivity contribution is 5.26. The summed E-state index contributed by atoms with van der Waals surface area (Å²) >= 11 is 0. The van der Waals surface area contributed by atoms with Crippen molar-refractivity contribution < 1.29 is 5.11 Å². The van der Waals surface area contributed by atoms with Gasteiger partial charge < -0.3 is 5.11 Å². The van der Waals surface area contributed by atoms with Crippen molar-refractivity contribution in [2.75, 3.05) is 0 Å². The lowest BCUT2D eigenvalue weighted by molar-refractivity contribution is 0.199. The van der Waals surface area contributed by atoms with Crippen molar-refractivity contribution >= 4 is 0 Å². The fourth-order valence-electron chi connectivity index (χ4n) is 1.05. The molecule has 1 N–H and O–H groups in total. The zero-order valence-corrected chi connectivity index (χ0v) is 6.99. The molecular formula is C10H11NO. The number of aliphatic hydroxyl groups excluding tert-OH is 1. The number of nitrogens with zero attached hydrogens (tertiary/aromatic N) is 1. The topological polar surface area (TPSA) is 44.0 Å². The number of benzene rings is 1. The maximum atomic E-state index is 9.23. The van der Waals surface area contributed by atoms with E-state index in [0.29, 0.717) is 6.42 Å². The van der Waals surface area contributed by atoms with Crippen LogP contribution in [-0.4, -0.2) is 5.11 Å². The summed E-state index contributed by atoms with van der Waals surface area (Å²) in [7, 11) is 0. The van der Waals surface area contributed by atoms with Gasteiger partial charge in [0, 0.05) is 0 Å². The molecule has 0 aliphatic carbocycles. The van der Waals surface area contributed by atoms with Gasteiger partial charge in [-0.2, -0.15) is 5.26 Å². The van der Waals surface area contributed by atoms with Crippen molar-refractivity contribution in [3.63, 3.8) is 0 Å². The van der Waals surface area contributed by atoms with E-state index in [0.717, 1.165) is 11.1 Å². The van der Waals surface area contributed by atoms with E-state index in [9.17, 15) is 5.11 Å². The summed E-state index contributed by atoms with van der Waals surface area (Å²) < 4.78 is 0. The van der Waals surface area contributed by atoms with Crippen LogP contribution in [0.15, 0.2) is 24.3 Å². The molecule has 0 fully saturated rings. The van der Waals surface area contributed by atoms with Gasteiger partial charge in [0.15, 0.2) is 0 Å². The first-order valence-corrected chi connectivity index (χ1v) is 3.88. The monoisotopic (exact) mass is 161 g/mol. The molecule has 62 valence electrons. The molecule has 0 saturated heterocycles. The number of rotatable bonds is 2. The Morgan fingerprint density at radius 2 is 2.33 bits per heavy atom. The van der Waals surface area contributed by atoms with Crippen LogP contribution < -0.4 is 0 Å². The molecule has 2 nitrogen and oxygen atoms in total. The molecule has 0 saturated carbocycles. The molecule has 1 rings (SSSR count). The number of hydrogen-bond donors (Lipinski definition) is 1. The van der Waals surface area contributed by atoms with Crippen LogP contribution in [0.2, 0.25) is 0 Å². The minimum atomic E-state index is -0.455. The minimum absolute atomic E-state index is 0.403. The zero-order chi connectivity index (χ0) is 8.97. The van der Waals surface area contributed by atoms with E-state index in [-0.39, 0.29) is 0 Å². The van der Waals surface area contributed by atoms with Gasteiger partial charge >= 0.3 is 0 Å². The van der Waals surface area contributed by atoms with Gasteiger partial charge in [0.1, 0.15) is 0 Å². The highest BCUT2D eigenvalue weighted by Crippen LogP contribution is 2.13. The summed E-state index contributed by atoms with van der Waals surface area (Å²) in [6, 6.07) is 9.52. The van der Waals surface area contributed by atoms with Crippen LogP contribution in [0.1, 0.15) is 24.2 Å². The quantitative estimate of drug-likeness (QED) is 0.718. The van der Waals surface area contributed by atoms with Crippen LogP contribution in [0, 0.1) is 11.3 Å². The van der Waals surface area contributed by atoms with Gasteiger partial charge in [0.2, 0.25) is 0 Å². The normalized spacial score (nSPS) is 12.1. The number of nitriles is 1. The molecule has 0 radical (unpaired) electrons. The molecule has 1 aromatic rings. The molecule has 2 heteroatoms. The van der Waals surface area contributed by atoms with Crippen LogP contribution in [0.25, 0.3) is 0 Å². The lowest BCUT2D eigenvalue weighted by Crippen LogP contribution is -1.92. The molecule has 0 amide bonds. The van der Waals surface area contributed by atoms with Gasteiger partial charge in [0.25, 0.3) is 0 Å². The van der Waals surface area contributed by atoms with Crippen molar-refractivity contribution in [2.45, 2.75) is 19.4 Å². The highest BCUT2D eigenvalue weighted by atomic mass is 16.3. The van der Waals surface area contributed by atoms with Gasteiger partial charge in [-0.25, -0.2) is 0 Å². The molecule has 12 heavy (non-hydrogen) atoms. The molecule has 0 heterocycles. The van der Waals surface area contributed by atoms with Crippen molar-refractivity contribution in [2.24, 2.45) is 0 Å². The second kappa shape index (κ2) is 3.89. The second-order valence-electron chi connectivity index (χ2n) is 2.76. The minimum Gasteiger partial charge on any atom is -0.389 e. The Labute approximate surface area is 72.1 Å². The lowest BCUT2D eigenvalue weighted by Gasteiger charge is -2.04. The molecular weight excluding hydrogens is 150 g/mol. The van der Waals surface area contributed by atoms with Crippen LogP contribution in [0.5, 0.6) is 0 Å². The molecule has 0 aliphatic rings. The zero-order valence-electron chi connectivity index (χ0n) is 6.99. The molecule has 0 aromatic heterocycles. The molecule has 1 aromatic carbocycles. The average Bonchev–Trinajstić information content (AvgIpc) is 2.05. The Kier molecular flexibility index (Phi) is 2.84. The van der Waals surface area contributed by atoms with E-state index >= 15 is 0 Å². The van der Waals surface area contributed by atoms with Gasteiger partial charge in [-0.3, -0.25) is 0 Å². The summed E-state index contributed by atoms with van der Waals surface area (Å²) in [5, 5.41) is 17.7. The van der Waals surface area contributed by atoms with Crippen molar-refractivity contribution in [1.29, 1.82) is 5.26 Å². The average molecular weight is 161 g/mol. The molecule has 0 bridgehead atoms. The fraction of sp³-hybridized carbons (Fsp3) is 0.300. The van der Waals surface area contributed by atoms with E-state index in [1.807, 2.05) is 24.3 Å². The molecule has 0 spiro atoms. The lowest BCUT2D eigenvalue weighted by atomic mass is 10.1. The van der Waals surface area contributed by atoms with E-state index in [4.69, 9.17) is 5.26 Å². The fourth-order valence-corrected chi connectivity index (χ4v) is 1.05. The Bertz CT molecular complexity index is 299. The van der Waals surface area contributed by atoms with E-state index in [1.165, 1.54) is 0 Å². The molecule has 0 aliphatic heterocycles. The summed E-state index contributed by atoms with van der Waals surface area (Å²) in [5.74, 6) is 0. The maximum Gasteiger partial charge on any atom is 0.0762 e. The van der Waals surface area contributed by atoms with Crippen molar-refractivity contribution in [3.05, 3.63) is 35.4 Å². The Hall–Kier alpha value is -1.33. The Balaban J connectivity index is 2.90. The summed E-state index contributed by atoms with van der Waals surface area (Å²) in [4.78, 5) is 0. The van der Waals surface area contributed by atoms with Crippen LogP contribution in [0.3, 0.4) is 0 Å². The Morgan fingerprint density at radius 1 is 1.58 bits per heavy atom. The predicted molar refractivity (Wildman–Crippen MR) is 46.4 cm³/mol. The summed E-state index contributed by atoms with van der Waals surface area (Å²) in [6.45, 7) is 1.71. The maximum absolute atomic E-state index is 9.23. The molecule has 1 unspecified atom stereocenters. The van der Waals surface area contributed by atoms with Crippen molar-refractivity contribution in [1.82, 2.24) is 0 Å². The first-order valence-electron chi connectivity index (χ1n) is 3.88. The van der Waals surface area contributed by atoms with Crippen LogP contribution in [-0.2, 0) is 6.42 Å². The third kappa shape index (κ3) is 2.08. The second-order valence-corrected chi connectivity index (χ2v) is 2.76. The van der Waals surface area contributed by atoms with Crippen LogP contribution in [0.4, 0.5) is 0 Å². The van der Waals surface area contributed by atoms with Gasteiger partial charge in [-0.1, -0.05) is 24.3 Å². The van der Waals surface area contributed by atoms with E-state index < -0.39 is 6.10 Å². The van der Waals surface area contributed by atoms with E-state index in [2.05, 4.69) is 6.07 Å². The summed E-state index contributed by atoms with van der Waals surface area (Å²) in [5.41, 5.74) is 1.82. The SMILES string of the molecule is CC(O)c1cccc(CC#N)c1. The van der Waals surface area contributed by atoms with Crippen LogP contribution >= 0.6 is 0 Å². The largest absolute Gasteiger partial charge is 0.389 e. The standard InChI is InChI=1S/C10H11NO/c1-8(12)10-4-2-3-9(7-10)5-6-11/h2-4,7-8,12H,5H2,1H3. The third-order valence-electron chi connectivity index (χ3n) is 1.72. The van der Waals surface area contributed by atoms with Gasteiger partial charge in [0.05, 0.1) is 18.6 Å².